The minimum Gasteiger partial charge on any atom is -0.494 e. The fourth-order valence-electron chi connectivity index (χ4n) is 2.11. The molecule has 3 nitrogen and oxygen atoms in total. The molecule has 0 aliphatic heterocycles. The molecule has 0 fully saturated rings. The first-order valence-corrected chi connectivity index (χ1v) is 8.97. The van der Waals surface area contributed by atoms with Crippen LogP contribution in [-0.4, -0.2) is 18.3 Å². The number of rotatable bonds is 10. The van der Waals surface area contributed by atoms with Crippen molar-refractivity contribution in [3.05, 3.63) is 60.2 Å². The predicted molar refractivity (Wildman–Crippen MR) is 96.7 cm³/mol. The largest absolute Gasteiger partial charge is 0.494 e. The van der Waals surface area contributed by atoms with Crippen LogP contribution in [0.5, 0.6) is 5.75 Å². The smallest absolute Gasteiger partial charge is 0.119 e. The third kappa shape index (κ3) is 6.65. The van der Waals surface area contributed by atoms with E-state index in [1.165, 1.54) is 0 Å². The van der Waals surface area contributed by atoms with E-state index in [9.17, 15) is 5.11 Å². The maximum Gasteiger partial charge on any atom is 0.119 e. The van der Waals surface area contributed by atoms with Gasteiger partial charge in [0.15, 0.2) is 0 Å². The standard InChI is InChI=1S/C19H25NO2S/c1-2-3-15-22-17-9-11-18(12-10-17)23-20-14-13-19(21)16-7-5-4-6-8-16/h4-12,19-21H,2-3,13-15H2,1H3. The summed E-state index contributed by atoms with van der Waals surface area (Å²) in [6.45, 7) is 3.68. The summed E-state index contributed by atoms with van der Waals surface area (Å²) in [5, 5.41) is 10.1. The molecule has 2 aromatic rings. The van der Waals surface area contributed by atoms with Crippen LogP contribution in [0.4, 0.5) is 0 Å². The van der Waals surface area contributed by atoms with Crippen molar-refractivity contribution in [2.24, 2.45) is 0 Å². The average molecular weight is 331 g/mol. The first-order chi connectivity index (χ1) is 11.3. The van der Waals surface area contributed by atoms with Gasteiger partial charge in [-0.3, -0.25) is 4.72 Å². The van der Waals surface area contributed by atoms with E-state index in [-0.39, 0.29) is 0 Å². The molecule has 0 aliphatic carbocycles. The molecule has 2 rings (SSSR count). The summed E-state index contributed by atoms with van der Waals surface area (Å²) >= 11 is 1.58. The average Bonchev–Trinajstić information content (AvgIpc) is 2.61. The van der Waals surface area contributed by atoms with Crippen molar-refractivity contribution in [2.75, 3.05) is 13.2 Å². The fourth-order valence-corrected chi connectivity index (χ4v) is 2.77. The van der Waals surface area contributed by atoms with Crippen LogP contribution >= 0.6 is 11.9 Å². The zero-order valence-corrected chi connectivity index (χ0v) is 14.4. The van der Waals surface area contributed by atoms with E-state index >= 15 is 0 Å². The van der Waals surface area contributed by atoms with Crippen molar-refractivity contribution >= 4 is 11.9 Å². The lowest BCUT2D eigenvalue weighted by Crippen LogP contribution is -2.10. The molecular formula is C19H25NO2S. The topological polar surface area (TPSA) is 41.5 Å². The Morgan fingerprint density at radius 3 is 2.52 bits per heavy atom. The van der Waals surface area contributed by atoms with Crippen LogP contribution in [0.2, 0.25) is 0 Å². The second-order valence-corrected chi connectivity index (χ2v) is 6.35. The zero-order valence-electron chi connectivity index (χ0n) is 13.6. The van der Waals surface area contributed by atoms with Crippen molar-refractivity contribution in [3.8, 4) is 5.75 Å². The third-order valence-corrected chi connectivity index (χ3v) is 4.34. The van der Waals surface area contributed by atoms with Crippen LogP contribution in [0.25, 0.3) is 0 Å². The monoisotopic (exact) mass is 331 g/mol. The van der Waals surface area contributed by atoms with E-state index < -0.39 is 6.10 Å². The fraction of sp³-hybridized carbons (Fsp3) is 0.368. The van der Waals surface area contributed by atoms with E-state index in [0.717, 1.165) is 42.2 Å². The lowest BCUT2D eigenvalue weighted by molar-refractivity contribution is 0.169. The van der Waals surface area contributed by atoms with Gasteiger partial charge in [-0.15, -0.1) is 0 Å². The molecule has 0 aliphatic rings. The van der Waals surface area contributed by atoms with E-state index in [1.54, 1.807) is 11.9 Å². The minimum absolute atomic E-state index is 0.418. The number of hydrogen-bond donors (Lipinski definition) is 2. The normalized spacial score (nSPS) is 12.1. The molecular weight excluding hydrogens is 306 g/mol. The molecule has 0 spiro atoms. The van der Waals surface area contributed by atoms with Crippen molar-refractivity contribution < 1.29 is 9.84 Å². The molecule has 124 valence electrons. The Labute approximate surface area is 143 Å². The zero-order chi connectivity index (χ0) is 16.3. The summed E-state index contributed by atoms with van der Waals surface area (Å²) in [5.74, 6) is 0.919. The van der Waals surface area contributed by atoms with Crippen LogP contribution in [-0.2, 0) is 0 Å². The van der Waals surface area contributed by atoms with E-state index in [0.29, 0.717) is 6.42 Å². The summed E-state index contributed by atoms with van der Waals surface area (Å²) in [6.07, 6.45) is 2.50. The molecule has 0 saturated carbocycles. The number of aliphatic hydroxyl groups is 1. The number of hydrogen-bond acceptors (Lipinski definition) is 4. The van der Waals surface area contributed by atoms with E-state index in [2.05, 4.69) is 11.6 Å². The number of unbranched alkanes of at least 4 members (excludes halogenated alkanes) is 1. The third-order valence-electron chi connectivity index (χ3n) is 3.48. The van der Waals surface area contributed by atoms with Crippen LogP contribution in [0, 0.1) is 0 Å². The first-order valence-electron chi connectivity index (χ1n) is 8.15. The highest BCUT2D eigenvalue weighted by Gasteiger charge is 2.06. The maximum absolute atomic E-state index is 10.1. The van der Waals surface area contributed by atoms with Gasteiger partial charge >= 0.3 is 0 Å². The molecule has 2 N–H and O–H groups in total. The van der Waals surface area contributed by atoms with Crippen LogP contribution in [0.3, 0.4) is 0 Å². The summed E-state index contributed by atoms with van der Waals surface area (Å²) in [4.78, 5) is 1.14. The van der Waals surface area contributed by atoms with E-state index in [4.69, 9.17) is 4.74 Å². The predicted octanol–water partition coefficient (Wildman–Crippen LogP) is 4.59. The summed E-state index contributed by atoms with van der Waals surface area (Å²) in [6, 6.07) is 17.9. The maximum atomic E-state index is 10.1. The molecule has 2 aromatic carbocycles. The molecule has 23 heavy (non-hydrogen) atoms. The van der Waals surface area contributed by atoms with Gasteiger partial charge in [-0.05, 0) is 54.6 Å². The van der Waals surface area contributed by atoms with Crippen molar-refractivity contribution in [2.45, 2.75) is 37.2 Å². The van der Waals surface area contributed by atoms with Gasteiger partial charge in [0.2, 0.25) is 0 Å². The highest BCUT2D eigenvalue weighted by molar-refractivity contribution is 7.97. The van der Waals surface area contributed by atoms with Gasteiger partial charge in [-0.25, -0.2) is 0 Å². The Morgan fingerprint density at radius 2 is 1.83 bits per heavy atom. The first kappa shape index (κ1) is 17.9. The molecule has 1 atom stereocenters. The highest BCUT2D eigenvalue weighted by Crippen LogP contribution is 2.20. The molecule has 0 radical (unpaired) electrons. The van der Waals surface area contributed by atoms with Crippen LogP contribution < -0.4 is 9.46 Å². The van der Waals surface area contributed by atoms with Gasteiger partial charge < -0.3 is 9.84 Å². The Bertz CT molecular complexity index is 545. The second-order valence-electron chi connectivity index (χ2n) is 5.38. The molecule has 1 unspecified atom stereocenters. The minimum atomic E-state index is -0.418. The molecule has 4 heteroatoms. The van der Waals surface area contributed by atoms with Gasteiger partial charge in [-0.1, -0.05) is 43.7 Å². The van der Waals surface area contributed by atoms with Gasteiger partial charge in [-0.2, -0.15) is 0 Å². The molecule has 0 bridgehead atoms. The Balaban J connectivity index is 1.66. The quantitative estimate of drug-likeness (QED) is 0.494. The number of benzene rings is 2. The Morgan fingerprint density at radius 1 is 1.09 bits per heavy atom. The second kappa shape index (κ2) is 10.3. The van der Waals surface area contributed by atoms with Crippen molar-refractivity contribution in [1.29, 1.82) is 0 Å². The highest BCUT2D eigenvalue weighted by atomic mass is 32.2. The van der Waals surface area contributed by atoms with Gasteiger partial charge in [0.1, 0.15) is 5.75 Å². The molecule has 0 aromatic heterocycles. The summed E-state index contributed by atoms with van der Waals surface area (Å²) < 4.78 is 8.93. The van der Waals surface area contributed by atoms with Crippen molar-refractivity contribution in [3.63, 3.8) is 0 Å². The Hall–Kier alpha value is -1.49. The van der Waals surface area contributed by atoms with Crippen molar-refractivity contribution in [1.82, 2.24) is 4.72 Å². The molecule has 0 heterocycles. The lowest BCUT2D eigenvalue weighted by Gasteiger charge is -2.11. The number of nitrogens with one attached hydrogen (secondary N) is 1. The molecule has 0 saturated heterocycles. The van der Waals surface area contributed by atoms with Gasteiger partial charge in [0.05, 0.1) is 12.7 Å². The Kier molecular flexibility index (Phi) is 8.01. The van der Waals surface area contributed by atoms with Crippen LogP contribution in [0.1, 0.15) is 37.9 Å². The number of aliphatic hydroxyl groups excluding tert-OH is 1. The summed E-state index contributed by atoms with van der Waals surface area (Å²) in [5.41, 5.74) is 0.966. The molecule has 0 amide bonds. The van der Waals surface area contributed by atoms with Crippen LogP contribution in [0.15, 0.2) is 59.5 Å². The SMILES string of the molecule is CCCCOc1ccc(SNCCC(O)c2ccccc2)cc1. The van der Waals surface area contributed by atoms with E-state index in [1.807, 2.05) is 54.6 Å². The van der Waals surface area contributed by atoms with Gasteiger partial charge in [0, 0.05) is 11.4 Å². The summed E-state index contributed by atoms with van der Waals surface area (Å²) in [7, 11) is 0. The van der Waals surface area contributed by atoms with Gasteiger partial charge in [0.25, 0.3) is 0 Å². The lowest BCUT2D eigenvalue weighted by atomic mass is 10.1. The number of ether oxygens (including phenoxy) is 1.